The largest absolute Gasteiger partial charge is 0.479 e. The number of amides is 2. The molecule has 0 aromatic carbocycles. The summed E-state index contributed by atoms with van der Waals surface area (Å²) in [6, 6.07) is 1.92. The second-order valence-corrected chi connectivity index (χ2v) is 5.49. The molecule has 1 unspecified atom stereocenters. The predicted molar refractivity (Wildman–Crippen MR) is 76.2 cm³/mol. The number of nitrogens with zero attached hydrogens (tertiary/aromatic N) is 3. The Morgan fingerprint density at radius 1 is 1.38 bits per heavy atom. The highest BCUT2D eigenvalue weighted by Crippen LogP contribution is 2.33. The molecule has 0 radical (unpaired) electrons. The van der Waals surface area contributed by atoms with Crippen molar-refractivity contribution in [2.45, 2.75) is 12.5 Å². The molecular weight excluding hydrogens is 292 g/mol. The smallest absolute Gasteiger partial charge is 0.331 e. The molecule has 3 heterocycles. The molecule has 3 rings (SSSR count). The summed E-state index contributed by atoms with van der Waals surface area (Å²) in [5.41, 5.74) is 0.683. The highest BCUT2D eigenvalue weighted by atomic mass is 32.1. The van der Waals surface area contributed by atoms with Crippen molar-refractivity contribution in [3.05, 3.63) is 40.3 Å². The molecule has 21 heavy (non-hydrogen) atoms. The van der Waals surface area contributed by atoms with Gasteiger partial charge in [-0.2, -0.15) is 0 Å². The van der Waals surface area contributed by atoms with Gasteiger partial charge in [0.25, 0.3) is 0 Å². The minimum Gasteiger partial charge on any atom is -0.479 e. The van der Waals surface area contributed by atoms with E-state index in [0.717, 1.165) is 4.88 Å². The molecule has 2 N–H and O–H groups in total. The summed E-state index contributed by atoms with van der Waals surface area (Å²) >= 11 is 1.52. The number of carbonyl (C=O) groups excluding carboxylic acids is 1. The molecule has 0 bridgehead atoms. The Labute approximate surface area is 124 Å². The average Bonchev–Trinajstić information content (AvgIpc) is 2.95. The Bertz CT molecular complexity index is 673. The first kappa shape index (κ1) is 13.5. The second-order valence-electron chi connectivity index (χ2n) is 4.49. The maximum Gasteiger partial charge on any atom is 0.331 e. The molecule has 0 spiro atoms. The number of anilines is 1. The quantitative estimate of drug-likeness (QED) is 0.881. The minimum atomic E-state index is -1.04. The molecule has 0 saturated carbocycles. The summed E-state index contributed by atoms with van der Waals surface area (Å²) in [6.07, 6.45) is 3.66. The Morgan fingerprint density at radius 3 is 2.86 bits per heavy atom. The van der Waals surface area contributed by atoms with Gasteiger partial charge in [-0.1, -0.05) is 0 Å². The zero-order valence-electron chi connectivity index (χ0n) is 10.9. The number of carboxylic acids is 1. The number of carboxylic acid groups (broad SMARTS) is 1. The molecule has 2 aromatic rings. The highest BCUT2D eigenvalue weighted by Gasteiger charge is 2.36. The fourth-order valence-electron chi connectivity index (χ4n) is 2.33. The van der Waals surface area contributed by atoms with E-state index in [9.17, 15) is 14.7 Å². The molecule has 8 heteroatoms. The van der Waals surface area contributed by atoms with E-state index in [1.165, 1.54) is 28.6 Å². The van der Waals surface area contributed by atoms with Gasteiger partial charge in [-0.3, -0.25) is 5.32 Å². The summed E-state index contributed by atoms with van der Waals surface area (Å²) in [6.45, 7) is 0.350. The molecule has 2 aromatic heterocycles. The van der Waals surface area contributed by atoms with E-state index < -0.39 is 18.0 Å². The summed E-state index contributed by atoms with van der Waals surface area (Å²) < 4.78 is 0. The van der Waals surface area contributed by atoms with Gasteiger partial charge in [0.2, 0.25) is 5.95 Å². The van der Waals surface area contributed by atoms with Crippen molar-refractivity contribution < 1.29 is 14.7 Å². The van der Waals surface area contributed by atoms with Gasteiger partial charge in [0.05, 0.1) is 0 Å². The Hall–Kier alpha value is -2.48. The van der Waals surface area contributed by atoms with Crippen LogP contribution in [-0.2, 0) is 11.2 Å². The Balaban J connectivity index is 1.84. The van der Waals surface area contributed by atoms with Gasteiger partial charge in [-0.05, 0) is 29.5 Å². The standard InChI is InChI=1S/C13H12N4O3S/c18-11(19)10-8-3-7-21-9(8)2-6-17(10)13(20)16-12-14-4-1-5-15-12/h1,3-5,7,10H,2,6H2,(H,18,19)(H,14,15,16,20). The van der Waals surface area contributed by atoms with Gasteiger partial charge < -0.3 is 10.0 Å². The van der Waals surface area contributed by atoms with Crippen LogP contribution in [-0.4, -0.2) is 38.5 Å². The lowest BCUT2D eigenvalue weighted by atomic mass is 10.0. The van der Waals surface area contributed by atoms with Crippen LogP contribution in [0.15, 0.2) is 29.9 Å². The van der Waals surface area contributed by atoms with Crippen molar-refractivity contribution in [1.29, 1.82) is 0 Å². The Morgan fingerprint density at radius 2 is 2.14 bits per heavy atom. The maximum atomic E-state index is 12.3. The number of aliphatic carboxylic acids is 1. The molecule has 1 atom stereocenters. The molecular formula is C13H12N4O3S. The maximum absolute atomic E-state index is 12.3. The molecule has 0 saturated heterocycles. The molecule has 0 fully saturated rings. The Kier molecular flexibility index (Phi) is 3.53. The van der Waals surface area contributed by atoms with Crippen LogP contribution in [0.3, 0.4) is 0 Å². The van der Waals surface area contributed by atoms with Gasteiger partial charge in [0.15, 0.2) is 6.04 Å². The zero-order valence-corrected chi connectivity index (χ0v) is 11.7. The van der Waals surface area contributed by atoms with Crippen LogP contribution < -0.4 is 5.32 Å². The minimum absolute atomic E-state index is 0.155. The lowest BCUT2D eigenvalue weighted by molar-refractivity contribution is -0.142. The van der Waals surface area contributed by atoms with Gasteiger partial charge in [-0.15, -0.1) is 11.3 Å². The van der Waals surface area contributed by atoms with Crippen LogP contribution >= 0.6 is 11.3 Å². The van der Waals surface area contributed by atoms with Crippen LogP contribution in [0.2, 0.25) is 0 Å². The number of thiophene rings is 1. The first-order valence-electron chi connectivity index (χ1n) is 6.30. The molecule has 0 aliphatic carbocycles. The third-order valence-corrected chi connectivity index (χ3v) is 4.24. The topological polar surface area (TPSA) is 95.4 Å². The van der Waals surface area contributed by atoms with Crippen molar-refractivity contribution in [2.24, 2.45) is 0 Å². The average molecular weight is 304 g/mol. The van der Waals surface area contributed by atoms with E-state index in [2.05, 4.69) is 15.3 Å². The first-order valence-corrected chi connectivity index (χ1v) is 7.18. The van der Waals surface area contributed by atoms with E-state index in [1.54, 1.807) is 12.1 Å². The van der Waals surface area contributed by atoms with E-state index in [-0.39, 0.29) is 5.95 Å². The summed E-state index contributed by atoms with van der Waals surface area (Å²) in [7, 11) is 0. The van der Waals surface area contributed by atoms with Crippen LogP contribution in [0.5, 0.6) is 0 Å². The second kappa shape index (κ2) is 5.49. The van der Waals surface area contributed by atoms with Crippen molar-refractivity contribution in [3.63, 3.8) is 0 Å². The normalized spacial score (nSPS) is 17.1. The van der Waals surface area contributed by atoms with Crippen LogP contribution in [0, 0.1) is 0 Å². The van der Waals surface area contributed by atoms with Crippen molar-refractivity contribution >= 4 is 29.3 Å². The zero-order chi connectivity index (χ0) is 14.8. The summed E-state index contributed by atoms with van der Waals surface area (Å²) in [4.78, 5) is 33.9. The van der Waals surface area contributed by atoms with Gasteiger partial charge in [-0.25, -0.2) is 19.6 Å². The third-order valence-electron chi connectivity index (χ3n) is 3.25. The van der Waals surface area contributed by atoms with Crippen molar-refractivity contribution in [3.8, 4) is 0 Å². The van der Waals surface area contributed by atoms with E-state index in [1.807, 2.05) is 5.38 Å². The third kappa shape index (κ3) is 2.57. The molecule has 1 aliphatic heterocycles. The number of nitrogens with one attached hydrogen (secondary N) is 1. The van der Waals surface area contributed by atoms with Crippen LogP contribution in [0.4, 0.5) is 10.7 Å². The lowest BCUT2D eigenvalue weighted by Crippen LogP contribution is -2.45. The molecule has 108 valence electrons. The SMILES string of the molecule is O=C(O)C1c2ccsc2CCN1C(=O)Nc1ncccn1. The number of urea groups is 1. The first-order chi connectivity index (χ1) is 10.2. The van der Waals surface area contributed by atoms with Crippen molar-refractivity contribution in [1.82, 2.24) is 14.9 Å². The predicted octanol–water partition coefficient (Wildman–Crippen LogP) is 1.75. The van der Waals surface area contributed by atoms with Crippen LogP contribution in [0.25, 0.3) is 0 Å². The van der Waals surface area contributed by atoms with Gasteiger partial charge in [0.1, 0.15) is 0 Å². The molecule has 7 nitrogen and oxygen atoms in total. The summed E-state index contributed by atoms with van der Waals surface area (Å²) in [5.74, 6) is -0.888. The van der Waals surface area contributed by atoms with Gasteiger partial charge in [0, 0.05) is 23.8 Å². The van der Waals surface area contributed by atoms with E-state index in [4.69, 9.17) is 0 Å². The number of hydrogen-bond acceptors (Lipinski definition) is 5. The lowest BCUT2D eigenvalue weighted by Gasteiger charge is -2.32. The highest BCUT2D eigenvalue weighted by molar-refractivity contribution is 7.10. The number of hydrogen-bond donors (Lipinski definition) is 2. The fourth-order valence-corrected chi connectivity index (χ4v) is 3.24. The van der Waals surface area contributed by atoms with Crippen molar-refractivity contribution in [2.75, 3.05) is 11.9 Å². The summed E-state index contributed by atoms with van der Waals surface area (Å²) in [5, 5.41) is 13.8. The molecule has 2 amide bonds. The van der Waals surface area contributed by atoms with Gasteiger partial charge >= 0.3 is 12.0 Å². The number of fused-ring (bicyclic) bond motifs is 1. The van der Waals surface area contributed by atoms with E-state index >= 15 is 0 Å². The van der Waals surface area contributed by atoms with Crippen LogP contribution in [0.1, 0.15) is 16.5 Å². The number of rotatable bonds is 2. The number of aromatic nitrogens is 2. The van der Waals surface area contributed by atoms with E-state index in [0.29, 0.717) is 18.5 Å². The fraction of sp³-hybridized carbons (Fsp3) is 0.231. The molecule has 1 aliphatic rings. The monoisotopic (exact) mass is 304 g/mol. The number of carbonyl (C=O) groups is 2.